The fraction of sp³-hybridized carbons (Fsp3) is 0.533. The number of ether oxygens (including phenoxy) is 1. The third kappa shape index (κ3) is 3.26. The number of carbonyl (C=O) groups is 1. The first kappa shape index (κ1) is 13.9. The minimum atomic E-state index is -0.695. The predicted octanol–water partition coefficient (Wildman–Crippen LogP) is 2.24. The van der Waals surface area contributed by atoms with Gasteiger partial charge in [-0.25, -0.2) is 0 Å². The maximum Gasteiger partial charge on any atom is 0.306 e. The second-order valence-corrected chi connectivity index (χ2v) is 5.12. The summed E-state index contributed by atoms with van der Waals surface area (Å²) in [7, 11) is 0. The lowest BCUT2D eigenvalue weighted by molar-refractivity contribution is -0.145. The van der Waals surface area contributed by atoms with E-state index in [-0.39, 0.29) is 11.8 Å². The summed E-state index contributed by atoms with van der Waals surface area (Å²) in [4.78, 5) is 13.2. The van der Waals surface area contributed by atoms with Gasteiger partial charge in [-0.05, 0) is 18.9 Å². The van der Waals surface area contributed by atoms with Crippen molar-refractivity contribution in [2.45, 2.75) is 20.4 Å². The van der Waals surface area contributed by atoms with Gasteiger partial charge < -0.3 is 9.84 Å². The number of nitrogens with zero attached hydrogens (tertiary/aromatic N) is 1. The Morgan fingerprint density at radius 3 is 2.79 bits per heavy atom. The number of para-hydroxylation sites is 1. The molecule has 104 valence electrons. The molecule has 1 aliphatic heterocycles. The molecule has 1 aromatic carbocycles. The number of carboxylic acids is 1. The van der Waals surface area contributed by atoms with Gasteiger partial charge in [0.05, 0.1) is 12.5 Å². The molecule has 1 atom stereocenters. The Bertz CT molecular complexity index is 441. The quantitative estimate of drug-likeness (QED) is 0.855. The van der Waals surface area contributed by atoms with Crippen LogP contribution in [-0.4, -0.2) is 35.7 Å². The van der Waals surface area contributed by atoms with Gasteiger partial charge in [0.25, 0.3) is 0 Å². The molecule has 0 bridgehead atoms. The van der Waals surface area contributed by atoms with Crippen LogP contribution in [0.5, 0.6) is 5.75 Å². The van der Waals surface area contributed by atoms with E-state index in [0.717, 1.165) is 25.4 Å². The molecule has 2 rings (SSSR count). The molecule has 1 aliphatic rings. The summed E-state index contributed by atoms with van der Waals surface area (Å²) in [5.74, 6) is 0.259. The molecule has 1 aromatic rings. The molecule has 0 aliphatic carbocycles. The van der Waals surface area contributed by atoms with E-state index in [1.165, 1.54) is 5.56 Å². The first-order valence-electron chi connectivity index (χ1n) is 6.77. The minimum absolute atomic E-state index is 0.251. The largest absolute Gasteiger partial charge is 0.494 e. The second kappa shape index (κ2) is 6.06. The monoisotopic (exact) mass is 263 g/mol. The molecular weight excluding hydrogens is 242 g/mol. The SMILES string of the molecule is CCOc1ccccc1CN1CC(C(C)C(=O)O)C1. The fourth-order valence-electron chi connectivity index (χ4n) is 2.43. The molecule has 4 heteroatoms. The summed E-state index contributed by atoms with van der Waals surface area (Å²) in [6, 6.07) is 8.03. The Labute approximate surface area is 114 Å². The van der Waals surface area contributed by atoms with Crippen molar-refractivity contribution in [1.29, 1.82) is 0 Å². The first-order valence-corrected chi connectivity index (χ1v) is 6.77. The molecule has 1 saturated heterocycles. The second-order valence-electron chi connectivity index (χ2n) is 5.12. The van der Waals surface area contributed by atoms with Gasteiger partial charge in [0.15, 0.2) is 0 Å². The Morgan fingerprint density at radius 1 is 1.47 bits per heavy atom. The number of hydrogen-bond donors (Lipinski definition) is 1. The van der Waals surface area contributed by atoms with Gasteiger partial charge in [-0.1, -0.05) is 25.1 Å². The zero-order valence-corrected chi connectivity index (χ0v) is 11.5. The van der Waals surface area contributed by atoms with Crippen LogP contribution < -0.4 is 4.74 Å². The third-order valence-electron chi connectivity index (χ3n) is 3.75. The third-order valence-corrected chi connectivity index (χ3v) is 3.75. The Morgan fingerprint density at radius 2 is 2.16 bits per heavy atom. The molecule has 19 heavy (non-hydrogen) atoms. The van der Waals surface area contributed by atoms with Crippen LogP contribution >= 0.6 is 0 Å². The Kier molecular flexibility index (Phi) is 4.43. The Hall–Kier alpha value is -1.55. The van der Waals surface area contributed by atoms with Gasteiger partial charge in [-0.2, -0.15) is 0 Å². The highest BCUT2D eigenvalue weighted by molar-refractivity contribution is 5.70. The van der Waals surface area contributed by atoms with Crippen molar-refractivity contribution in [3.8, 4) is 5.75 Å². The maximum atomic E-state index is 10.9. The number of aliphatic carboxylic acids is 1. The molecule has 1 unspecified atom stereocenters. The van der Waals surface area contributed by atoms with E-state index < -0.39 is 5.97 Å². The maximum absolute atomic E-state index is 10.9. The van der Waals surface area contributed by atoms with Crippen LogP contribution in [0.25, 0.3) is 0 Å². The molecule has 0 amide bonds. The van der Waals surface area contributed by atoms with E-state index in [1.807, 2.05) is 25.1 Å². The van der Waals surface area contributed by atoms with E-state index in [0.29, 0.717) is 6.61 Å². The number of hydrogen-bond acceptors (Lipinski definition) is 3. The highest BCUT2D eigenvalue weighted by Gasteiger charge is 2.34. The van der Waals surface area contributed by atoms with Crippen molar-refractivity contribution in [3.05, 3.63) is 29.8 Å². The van der Waals surface area contributed by atoms with Crippen LogP contribution in [0.4, 0.5) is 0 Å². The highest BCUT2D eigenvalue weighted by Crippen LogP contribution is 2.28. The summed E-state index contributed by atoms with van der Waals surface area (Å²) in [6.45, 7) is 6.97. The molecule has 0 radical (unpaired) electrons. The average Bonchev–Trinajstić information content (AvgIpc) is 2.34. The molecule has 1 fully saturated rings. The average molecular weight is 263 g/mol. The molecular formula is C15H21NO3. The molecule has 1 heterocycles. The van der Waals surface area contributed by atoms with Crippen molar-refractivity contribution in [2.75, 3.05) is 19.7 Å². The fourth-order valence-corrected chi connectivity index (χ4v) is 2.43. The summed E-state index contributed by atoms with van der Waals surface area (Å²) >= 11 is 0. The van der Waals surface area contributed by atoms with Gasteiger partial charge >= 0.3 is 5.97 Å². The number of likely N-dealkylation sites (tertiary alicyclic amines) is 1. The van der Waals surface area contributed by atoms with Crippen molar-refractivity contribution >= 4 is 5.97 Å². The van der Waals surface area contributed by atoms with E-state index in [4.69, 9.17) is 9.84 Å². The normalized spacial score (nSPS) is 17.8. The van der Waals surface area contributed by atoms with E-state index in [2.05, 4.69) is 11.0 Å². The lowest BCUT2D eigenvalue weighted by Crippen LogP contribution is -2.50. The number of carboxylic acid groups (broad SMARTS) is 1. The zero-order valence-electron chi connectivity index (χ0n) is 11.5. The molecule has 0 spiro atoms. The molecule has 1 N–H and O–H groups in total. The van der Waals surface area contributed by atoms with Gasteiger partial charge in [0.2, 0.25) is 0 Å². The lowest BCUT2D eigenvalue weighted by Gasteiger charge is -2.41. The van der Waals surface area contributed by atoms with E-state index in [1.54, 1.807) is 6.92 Å². The smallest absolute Gasteiger partial charge is 0.306 e. The Balaban J connectivity index is 1.89. The van der Waals surface area contributed by atoms with Crippen LogP contribution in [-0.2, 0) is 11.3 Å². The lowest BCUT2D eigenvalue weighted by atomic mass is 9.87. The van der Waals surface area contributed by atoms with Crippen molar-refractivity contribution in [2.24, 2.45) is 11.8 Å². The van der Waals surface area contributed by atoms with Gasteiger partial charge in [0.1, 0.15) is 5.75 Å². The van der Waals surface area contributed by atoms with Crippen LogP contribution in [0.2, 0.25) is 0 Å². The van der Waals surface area contributed by atoms with Gasteiger partial charge in [-0.15, -0.1) is 0 Å². The van der Waals surface area contributed by atoms with Crippen molar-refractivity contribution < 1.29 is 14.6 Å². The summed E-state index contributed by atoms with van der Waals surface area (Å²) in [6.07, 6.45) is 0. The van der Waals surface area contributed by atoms with Gasteiger partial charge in [-0.3, -0.25) is 9.69 Å². The van der Waals surface area contributed by atoms with Crippen molar-refractivity contribution in [3.63, 3.8) is 0 Å². The first-order chi connectivity index (χ1) is 9.11. The van der Waals surface area contributed by atoms with E-state index in [9.17, 15) is 4.79 Å². The van der Waals surface area contributed by atoms with Gasteiger partial charge in [0, 0.05) is 25.2 Å². The van der Waals surface area contributed by atoms with Crippen molar-refractivity contribution in [1.82, 2.24) is 4.90 Å². The molecule has 0 aromatic heterocycles. The molecule has 0 saturated carbocycles. The summed E-state index contributed by atoms with van der Waals surface area (Å²) in [5, 5.41) is 8.97. The van der Waals surface area contributed by atoms with Crippen LogP contribution in [0, 0.1) is 11.8 Å². The van der Waals surface area contributed by atoms with Crippen LogP contribution in [0.3, 0.4) is 0 Å². The summed E-state index contributed by atoms with van der Waals surface area (Å²) < 4.78 is 5.60. The highest BCUT2D eigenvalue weighted by atomic mass is 16.5. The van der Waals surface area contributed by atoms with Crippen LogP contribution in [0.1, 0.15) is 19.4 Å². The number of benzene rings is 1. The minimum Gasteiger partial charge on any atom is -0.494 e. The van der Waals surface area contributed by atoms with Crippen LogP contribution in [0.15, 0.2) is 24.3 Å². The number of rotatable bonds is 6. The van der Waals surface area contributed by atoms with E-state index >= 15 is 0 Å². The summed E-state index contributed by atoms with van der Waals surface area (Å²) in [5.41, 5.74) is 1.17. The topological polar surface area (TPSA) is 49.8 Å². The predicted molar refractivity (Wildman–Crippen MR) is 73.2 cm³/mol. The molecule has 4 nitrogen and oxygen atoms in total. The zero-order chi connectivity index (χ0) is 13.8. The standard InChI is InChI=1S/C15H21NO3/c1-3-19-14-7-5-4-6-12(14)8-16-9-13(10-16)11(2)15(17)18/h4-7,11,13H,3,8-10H2,1-2H3,(H,17,18).